The summed E-state index contributed by atoms with van der Waals surface area (Å²) in [5.41, 5.74) is -1.78. The number of rotatable bonds is 6. The summed E-state index contributed by atoms with van der Waals surface area (Å²) in [6.07, 6.45) is 0. The van der Waals surface area contributed by atoms with Crippen molar-refractivity contribution in [1.29, 1.82) is 0 Å². The molecule has 0 N–H and O–H groups in total. The third kappa shape index (κ3) is 4.02. The third-order valence-electron chi connectivity index (χ3n) is 2.63. The number of benzene rings is 2. The molecule has 9 nitrogen and oxygen atoms in total. The van der Waals surface area contributed by atoms with Crippen LogP contribution in [0.1, 0.15) is 0 Å². The Labute approximate surface area is 132 Å². The predicted molar refractivity (Wildman–Crippen MR) is 76.4 cm³/mol. The molecule has 0 fully saturated rings. The zero-order chi connectivity index (χ0) is 17.9. The van der Waals surface area contributed by atoms with E-state index in [-0.39, 0.29) is 11.5 Å². The molecule has 0 saturated heterocycles. The lowest BCUT2D eigenvalue weighted by Crippen LogP contribution is -1.95. The van der Waals surface area contributed by atoms with Gasteiger partial charge in [0, 0.05) is 0 Å². The Morgan fingerprint density at radius 1 is 0.833 bits per heavy atom. The van der Waals surface area contributed by atoms with Gasteiger partial charge in [0.25, 0.3) is 0 Å². The predicted octanol–water partition coefficient (Wildman–Crippen LogP) is 3.63. The topological polar surface area (TPSA) is 122 Å². The van der Waals surface area contributed by atoms with Gasteiger partial charge in [-0.25, -0.2) is 4.57 Å². The van der Waals surface area contributed by atoms with Gasteiger partial charge in [-0.1, -0.05) is 0 Å². The Morgan fingerprint density at radius 2 is 1.21 bits per heavy atom. The molecule has 0 aliphatic heterocycles. The van der Waals surface area contributed by atoms with E-state index in [1.807, 2.05) is 0 Å². The van der Waals surface area contributed by atoms with Gasteiger partial charge in [0.05, 0.1) is 22.0 Å². The minimum Gasteiger partial charge on any atom is -0.418 e. The van der Waals surface area contributed by atoms with E-state index in [1.165, 1.54) is 0 Å². The summed E-state index contributed by atoms with van der Waals surface area (Å²) in [4.78, 5) is 19.2. The standard InChI is InChI=1S/C12H7F2N2O7P/c13-9-3-1-7(5-11(9)15(17)18)22-24(21)23-8-2-4-10(14)12(6-8)16(19)20/h1-6,24H. The molecule has 2 aromatic carbocycles. The van der Waals surface area contributed by atoms with Gasteiger partial charge in [-0.3, -0.25) is 20.2 Å². The number of hydrogen-bond acceptors (Lipinski definition) is 7. The maximum atomic E-state index is 13.2. The van der Waals surface area contributed by atoms with Gasteiger partial charge in [0.15, 0.2) is 0 Å². The molecular formula is C12H7F2N2O7P. The van der Waals surface area contributed by atoms with E-state index in [9.17, 15) is 33.6 Å². The summed E-state index contributed by atoms with van der Waals surface area (Å²) >= 11 is 0. The van der Waals surface area contributed by atoms with E-state index in [0.717, 1.165) is 24.3 Å². The van der Waals surface area contributed by atoms with Crippen LogP contribution in [0.5, 0.6) is 11.5 Å². The van der Waals surface area contributed by atoms with Crippen LogP contribution in [0.15, 0.2) is 36.4 Å². The monoisotopic (exact) mass is 360 g/mol. The van der Waals surface area contributed by atoms with Crippen molar-refractivity contribution in [3.8, 4) is 11.5 Å². The lowest BCUT2D eigenvalue weighted by atomic mass is 10.3. The van der Waals surface area contributed by atoms with E-state index in [2.05, 4.69) is 0 Å². The molecule has 2 rings (SSSR count). The molecule has 12 heteroatoms. The van der Waals surface area contributed by atoms with Gasteiger partial charge in [0.2, 0.25) is 11.6 Å². The lowest BCUT2D eigenvalue weighted by molar-refractivity contribution is -0.387. The highest BCUT2D eigenvalue weighted by molar-refractivity contribution is 7.34. The maximum absolute atomic E-state index is 13.2. The Kier molecular flexibility index (Phi) is 5.05. The molecule has 0 amide bonds. The van der Waals surface area contributed by atoms with Crippen molar-refractivity contribution in [2.45, 2.75) is 0 Å². The number of halogens is 2. The van der Waals surface area contributed by atoms with Crippen molar-refractivity contribution in [2.24, 2.45) is 0 Å². The molecule has 126 valence electrons. The van der Waals surface area contributed by atoms with E-state index >= 15 is 0 Å². The van der Waals surface area contributed by atoms with Crippen molar-refractivity contribution in [2.75, 3.05) is 0 Å². The van der Waals surface area contributed by atoms with Crippen LogP contribution in [0.3, 0.4) is 0 Å². The minimum atomic E-state index is -3.34. The van der Waals surface area contributed by atoms with E-state index < -0.39 is 41.1 Å². The van der Waals surface area contributed by atoms with Crippen LogP contribution in [0.25, 0.3) is 0 Å². The first-order chi connectivity index (χ1) is 11.3. The zero-order valence-electron chi connectivity index (χ0n) is 11.5. The number of nitrogens with zero attached hydrogens (tertiary/aromatic N) is 2. The van der Waals surface area contributed by atoms with Crippen molar-refractivity contribution in [3.63, 3.8) is 0 Å². The van der Waals surface area contributed by atoms with Gasteiger partial charge >= 0.3 is 19.6 Å². The van der Waals surface area contributed by atoms with Gasteiger partial charge in [-0.15, -0.1) is 0 Å². The highest BCUT2D eigenvalue weighted by Crippen LogP contribution is 2.34. The second-order valence-electron chi connectivity index (χ2n) is 4.19. The van der Waals surface area contributed by atoms with E-state index in [0.29, 0.717) is 12.1 Å². The number of nitro groups is 2. The van der Waals surface area contributed by atoms with Gasteiger partial charge in [-0.2, -0.15) is 8.78 Å². The number of nitro benzene ring substituents is 2. The second-order valence-corrected chi connectivity index (χ2v) is 5.10. The minimum absolute atomic E-state index is 0.302. The average Bonchev–Trinajstić information content (AvgIpc) is 2.50. The molecule has 0 spiro atoms. The molecule has 2 aromatic rings. The molecule has 24 heavy (non-hydrogen) atoms. The zero-order valence-corrected chi connectivity index (χ0v) is 12.5. The average molecular weight is 360 g/mol. The normalized spacial score (nSPS) is 10.5. The molecule has 0 aromatic heterocycles. The number of hydrogen-bond donors (Lipinski definition) is 0. The summed E-state index contributed by atoms with van der Waals surface area (Å²) < 4.78 is 47.6. The molecule has 0 radical (unpaired) electrons. The van der Waals surface area contributed by atoms with Crippen LogP contribution in [0.2, 0.25) is 0 Å². The van der Waals surface area contributed by atoms with Crippen molar-refractivity contribution in [1.82, 2.24) is 0 Å². The summed E-state index contributed by atoms with van der Waals surface area (Å²) in [6.45, 7) is 0. The van der Waals surface area contributed by atoms with Gasteiger partial charge in [0.1, 0.15) is 11.5 Å². The van der Waals surface area contributed by atoms with E-state index in [4.69, 9.17) is 9.05 Å². The van der Waals surface area contributed by atoms with Crippen LogP contribution in [-0.4, -0.2) is 9.85 Å². The first-order valence-corrected chi connectivity index (χ1v) is 7.28. The lowest BCUT2D eigenvalue weighted by Gasteiger charge is -2.08. The van der Waals surface area contributed by atoms with Crippen LogP contribution < -0.4 is 9.05 Å². The highest BCUT2D eigenvalue weighted by atomic mass is 31.1. The molecule has 0 unspecified atom stereocenters. The Bertz CT molecular complexity index is 779. The van der Waals surface area contributed by atoms with Crippen molar-refractivity contribution in [3.05, 3.63) is 68.3 Å². The summed E-state index contributed by atoms with van der Waals surface area (Å²) in [6, 6.07) is 4.86. The fraction of sp³-hybridized carbons (Fsp3) is 0. The fourth-order valence-corrected chi connectivity index (χ4v) is 2.29. The smallest absolute Gasteiger partial charge is 0.418 e. The molecule has 0 atom stereocenters. The van der Waals surface area contributed by atoms with Crippen LogP contribution in [-0.2, 0) is 4.57 Å². The van der Waals surface area contributed by atoms with Crippen molar-refractivity contribution < 1.29 is 32.2 Å². The van der Waals surface area contributed by atoms with Crippen molar-refractivity contribution >= 4 is 19.6 Å². The fourth-order valence-electron chi connectivity index (χ4n) is 1.61. The second kappa shape index (κ2) is 7.01. The molecule has 0 bridgehead atoms. The molecule has 0 aliphatic carbocycles. The molecule has 0 saturated carbocycles. The summed E-state index contributed by atoms with van der Waals surface area (Å²) in [7, 11) is -3.34. The Hall–Kier alpha value is -3.07. The Balaban J connectivity index is 2.14. The Morgan fingerprint density at radius 3 is 1.54 bits per heavy atom. The third-order valence-corrected chi connectivity index (χ3v) is 3.44. The van der Waals surface area contributed by atoms with E-state index in [1.54, 1.807) is 0 Å². The van der Waals surface area contributed by atoms with Crippen LogP contribution in [0, 0.1) is 31.9 Å². The molecule has 0 aliphatic rings. The summed E-state index contributed by atoms with van der Waals surface area (Å²) in [5.74, 6) is -2.82. The summed E-state index contributed by atoms with van der Waals surface area (Å²) in [5, 5.41) is 21.2. The maximum Gasteiger partial charge on any atom is 0.418 e. The van der Waals surface area contributed by atoms with Crippen LogP contribution >= 0.6 is 8.25 Å². The quantitative estimate of drug-likeness (QED) is 0.438. The van der Waals surface area contributed by atoms with Gasteiger partial charge < -0.3 is 9.05 Å². The van der Waals surface area contributed by atoms with Crippen LogP contribution in [0.4, 0.5) is 20.2 Å². The largest absolute Gasteiger partial charge is 0.418 e. The highest BCUT2D eigenvalue weighted by Gasteiger charge is 2.18. The molecule has 0 heterocycles. The van der Waals surface area contributed by atoms with Gasteiger partial charge in [-0.05, 0) is 24.3 Å². The molecular weight excluding hydrogens is 353 g/mol. The first-order valence-electron chi connectivity index (χ1n) is 6.05. The first kappa shape index (κ1) is 17.3. The SMILES string of the molecule is O=[N+]([O-])c1cc(O[PH](=O)Oc2ccc(F)c([N+](=O)[O-])c2)ccc1F.